The Bertz CT molecular complexity index is 1020. The van der Waals surface area contributed by atoms with Gasteiger partial charge in [0.1, 0.15) is 30.0 Å². The molecule has 0 saturated carbocycles. The van der Waals surface area contributed by atoms with Crippen molar-refractivity contribution in [2.75, 3.05) is 32.3 Å². The number of benzene rings is 1. The molecule has 0 spiro atoms. The highest BCUT2D eigenvalue weighted by Gasteiger charge is 2.18. The van der Waals surface area contributed by atoms with E-state index >= 15 is 0 Å². The Kier molecular flexibility index (Phi) is 7.09. The van der Waals surface area contributed by atoms with Gasteiger partial charge in [-0.2, -0.15) is 4.98 Å². The van der Waals surface area contributed by atoms with Gasteiger partial charge in [0.15, 0.2) is 0 Å². The van der Waals surface area contributed by atoms with Crippen LogP contribution in [0.2, 0.25) is 0 Å². The molecule has 0 saturated heterocycles. The summed E-state index contributed by atoms with van der Waals surface area (Å²) in [7, 11) is 3.52. The molecule has 2 aromatic heterocycles. The molecule has 1 atom stereocenters. The summed E-state index contributed by atoms with van der Waals surface area (Å²) in [5.74, 6) is 2.57. The van der Waals surface area contributed by atoms with Gasteiger partial charge in [-0.1, -0.05) is 5.16 Å². The number of pyridine rings is 1. The highest BCUT2D eigenvalue weighted by molar-refractivity contribution is 5.68. The highest BCUT2D eigenvalue weighted by Crippen LogP contribution is 2.33. The number of nitrogens with zero attached hydrogens (tertiary/aromatic N) is 4. The van der Waals surface area contributed by atoms with Crippen LogP contribution >= 0.6 is 0 Å². The Morgan fingerprint density at radius 1 is 1.16 bits per heavy atom. The first kappa shape index (κ1) is 22.5. The summed E-state index contributed by atoms with van der Waals surface area (Å²) >= 11 is 0. The smallest absolute Gasteiger partial charge is 0.258 e. The van der Waals surface area contributed by atoms with Crippen molar-refractivity contribution in [2.24, 2.45) is 0 Å². The maximum absolute atomic E-state index is 9.45. The van der Waals surface area contributed by atoms with Gasteiger partial charge in [0, 0.05) is 30.4 Å². The third-order valence-electron chi connectivity index (χ3n) is 4.82. The SMILES string of the molecule is COc1cc(OC[C@H](O)CO)ccc1-c1noc(-c2cc(C)nc(N(C)C(C)C)c2)n1. The molecule has 3 rings (SSSR count). The number of aliphatic hydroxyl groups is 2. The van der Waals surface area contributed by atoms with Crippen LogP contribution in [0, 0.1) is 6.92 Å². The Hall–Kier alpha value is -3.17. The largest absolute Gasteiger partial charge is 0.496 e. The summed E-state index contributed by atoms with van der Waals surface area (Å²) in [5.41, 5.74) is 2.27. The Labute approximate surface area is 181 Å². The average molecular weight is 428 g/mol. The predicted molar refractivity (Wildman–Crippen MR) is 116 cm³/mol. The molecule has 0 radical (unpaired) electrons. The highest BCUT2D eigenvalue weighted by atomic mass is 16.5. The fourth-order valence-corrected chi connectivity index (χ4v) is 2.86. The number of hydrogen-bond donors (Lipinski definition) is 2. The summed E-state index contributed by atoms with van der Waals surface area (Å²) in [6, 6.07) is 9.25. The molecule has 0 unspecified atom stereocenters. The second-order valence-corrected chi connectivity index (χ2v) is 7.49. The Morgan fingerprint density at radius 3 is 2.61 bits per heavy atom. The number of ether oxygens (including phenoxy) is 2. The molecule has 0 amide bonds. The lowest BCUT2D eigenvalue weighted by molar-refractivity contribution is 0.0535. The summed E-state index contributed by atoms with van der Waals surface area (Å²) in [6.07, 6.45) is -0.950. The number of anilines is 1. The van der Waals surface area contributed by atoms with Crippen molar-refractivity contribution in [2.45, 2.75) is 32.9 Å². The summed E-state index contributed by atoms with van der Waals surface area (Å²) in [5, 5.41) is 22.5. The normalized spacial score (nSPS) is 12.1. The number of methoxy groups -OCH3 is 1. The average Bonchev–Trinajstić information content (AvgIpc) is 3.26. The quantitative estimate of drug-likeness (QED) is 0.531. The molecule has 0 fully saturated rings. The van der Waals surface area contributed by atoms with Crippen molar-refractivity contribution in [3.8, 4) is 34.3 Å². The van der Waals surface area contributed by atoms with Crippen molar-refractivity contribution in [3.63, 3.8) is 0 Å². The van der Waals surface area contributed by atoms with E-state index in [0.717, 1.165) is 17.1 Å². The van der Waals surface area contributed by atoms with Crippen LogP contribution in [-0.4, -0.2) is 64.9 Å². The van der Waals surface area contributed by atoms with E-state index in [1.807, 2.05) is 26.1 Å². The van der Waals surface area contributed by atoms with Crippen molar-refractivity contribution in [1.29, 1.82) is 0 Å². The zero-order valence-corrected chi connectivity index (χ0v) is 18.4. The minimum Gasteiger partial charge on any atom is -0.496 e. The minimum absolute atomic E-state index is 0.0279. The lowest BCUT2D eigenvalue weighted by Gasteiger charge is -2.23. The summed E-state index contributed by atoms with van der Waals surface area (Å²) in [6.45, 7) is 5.72. The van der Waals surface area contributed by atoms with Gasteiger partial charge in [0.05, 0.1) is 19.3 Å². The Balaban J connectivity index is 1.88. The zero-order chi connectivity index (χ0) is 22.5. The second kappa shape index (κ2) is 9.76. The first-order valence-corrected chi connectivity index (χ1v) is 9.98. The number of aliphatic hydroxyl groups excluding tert-OH is 2. The fourth-order valence-electron chi connectivity index (χ4n) is 2.86. The number of hydrogen-bond acceptors (Lipinski definition) is 9. The van der Waals surface area contributed by atoms with E-state index in [0.29, 0.717) is 34.8 Å². The molecule has 0 bridgehead atoms. The lowest BCUT2D eigenvalue weighted by atomic mass is 10.1. The standard InChI is InChI=1S/C22H28N4O5/c1-13(2)26(4)20-9-15(8-14(3)23-20)22-24-21(25-31-22)18-7-6-17(10-19(18)29-5)30-12-16(28)11-27/h6-10,13,16,27-28H,11-12H2,1-5H3/t16-/m1/s1. The van der Waals surface area contributed by atoms with Crippen LogP contribution in [0.4, 0.5) is 5.82 Å². The van der Waals surface area contributed by atoms with Crippen LogP contribution in [-0.2, 0) is 0 Å². The molecule has 9 heteroatoms. The number of rotatable bonds is 9. The van der Waals surface area contributed by atoms with Crippen molar-refractivity contribution < 1.29 is 24.2 Å². The van der Waals surface area contributed by atoms with Crippen LogP contribution in [0.5, 0.6) is 11.5 Å². The zero-order valence-electron chi connectivity index (χ0n) is 18.4. The van der Waals surface area contributed by atoms with Gasteiger partial charge >= 0.3 is 0 Å². The van der Waals surface area contributed by atoms with Gasteiger partial charge in [-0.25, -0.2) is 4.98 Å². The van der Waals surface area contributed by atoms with E-state index in [-0.39, 0.29) is 13.2 Å². The molecule has 1 aromatic carbocycles. The van der Waals surface area contributed by atoms with E-state index in [2.05, 4.69) is 33.9 Å². The fraction of sp³-hybridized carbons (Fsp3) is 0.409. The van der Waals surface area contributed by atoms with E-state index < -0.39 is 6.10 Å². The monoisotopic (exact) mass is 428 g/mol. The topological polar surface area (TPSA) is 114 Å². The van der Waals surface area contributed by atoms with Gasteiger partial charge in [0.25, 0.3) is 5.89 Å². The van der Waals surface area contributed by atoms with Crippen molar-refractivity contribution in [1.82, 2.24) is 15.1 Å². The van der Waals surface area contributed by atoms with Gasteiger partial charge in [-0.15, -0.1) is 0 Å². The van der Waals surface area contributed by atoms with Crippen molar-refractivity contribution >= 4 is 5.82 Å². The van der Waals surface area contributed by atoms with Crippen LogP contribution in [0.1, 0.15) is 19.5 Å². The lowest BCUT2D eigenvalue weighted by Crippen LogP contribution is -2.26. The van der Waals surface area contributed by atoms with Crippen LogP contribution < -0.4 is 14.4 Å². The van der Waals surface area contributed by atoms with Crippen molar-refractivity contribution in [3.05, 3.63) is 36.0 Å². The maximum Gasteiger partial charge on any atom is 0.258 e. The Morgan fingerprint density at radius 2 is 1.94 bits per heavy atom. The molecule has 166 valence electrons. The second-order valence-electron chi connectivity index (χ2n) is 7.49. The first-order chi connectivity index (χ1) is 14.8. The summed E-state index contributed by atoms with van der Waals surface area (Å²) in [4.78, 5) is 11.2. The predicted octanol–water partition coefficient (Wildman–Crippen LogP) is 2.69. The maximum atomic E-state index is 9.45. The minimum atomic E-state index is -0.950. The van der Waals surface area contributed by atoms with E-state index in [9.17, 15) is 5.11 Å². The molecule has 2 N–H and O–H groups in total. The van der Waals surface area contributed by atoms with E-state index in [1.165, 1.54) is 7.11 Å². The molecule has 3 aromatic rings. The molecular formula is C22H28N4O5. The third-order valence-corrected chi connectivity index (χ3v) is 4.82. The molecule has 31 heavy (non-hydrogen) atoms. The van der Waals surface area contributed by atoms with Crippen LogP contribution in [0.3, 0.4) is 0 Å². The first-order valence-electron chi connectivity index (χ1n) is 9.98. The van der Waals surface area contributed by atoms with Gasteiger partial charge < -0.3 is 29.1 Å². The van der Waals surface area contributed by atoms with Crippen LogP contribution in [0.15, 0.2) is 34.9 Å². The summed E-state index contributed by atoms with van der Waals surface area (Å²) < 4.78 is 16.4. The molecular weight excluding hydrogens is 400 g/mol. The third kappa shape index (κ3) is 5.31. The van der Waals surface area contributed by atoms with E-state index in [4.69, 9.17) is 19.1 Å². The van der Waals surface area contributed by atoms with Gasteiger partial charge in [0.2, 0.25) is 5.82 Å². The molecule has 0 aliphatic carbocycles. The molecule has 0 aliphatic rings. The van der Waals surface area contributed by atoms with E-state index in [1.54, 1.807) is 18.2 Å². The van der Waals surface area contributed by atoms with Gasteiger partial charge in [-0.05, 0) is 45.0 Å². The molecule has 0 aliphatic heterocycles. The molecule has 9 nitrogen and oxygen atoms in total. The van der Waals surface area contributed by atoms with Crippen LogP contribution in [0.25, 0.3) is 22.8 Å². The van der Waals surface area contributed by atoms with Gasteiger partial charge in [-0.3, -0.25) is 0 Å². The number of aryl methyl sites for hydroxylation is 1. The number of aromatic nitrogens is 3. The molecule has 2 heterocycles.